The molecular weight excluding hydrogens is 328 g/mol. The fraction of sp³-hybridized carbons (Fsp3) is 0.125. The normalized spacial score (nSPS) is 11.9. The Balaban J connectivity index is 2.40. The fourth-order valence-corrected chi connectivity index (χ4v) is 3.05. The van der Waals surface area contributed by atoms with Gasteiger partial charge in [-0.3, -0.25) is 15.6 Å². The molecule has 7 nitrogen and oxygen atoms in total. The van der Waals surface area contributed by atoms with Crippen LogP contribution in [0.2, 0.25) is 0 Å². The van der Waals surface area contributed by atoms with Crippen molar-refractivity contribution in [1.29, 1.82) is 0 Å². The van der Waals surface area contributed by atoms with Crippen LogP contribution in [0.5, 0.6) is 0 Å². The topological polar surface area (TPSA) is 114 Å². The van der Waals surface area contributed by atoms with E-state index in [2.05, 4.69) is 10.5 Å². The number of nitrogens with one attached hydrogen (secondary N) is 2. The number of hydrogen-bond acceptors (Lipinski definition) is 6. The molecule has 0 saturated heterocycles. The number of nitrogens with two attached hydrogens (primary N) is 1. The molecule has 24 heavy (non-hydrogen) atoms. The zero-order valence-corrected chi connectivity index (χ0v) is 14.1. The molecule has 0 aliphatic heterocycles. The molecule has 0 fully saturated rings. The van der Waals surface area contributed by atoms with Gasteiger partial charge in [-0.15, -0.1) is 0 Å². The van der Waals surface area contributed by atoms with E-state index in [1.165, 1.54) is 12.1 Å². The molecule has 126 valence electrons. The van der Waals surface area contributed by atoms with Crippen LogP contribution in [0, 0.1) is 13.8 Å². The molecule has 0 saturated carbocycles. The number of anilines is 1. The predicted molar refractivity (Wildman–Crippen MR) is 92.9 cm³/mol. The molecule has 0 bridgehead atoms. The van der Waals surface area contributed by atoms with Gasteiger partial charge in [-0.25, -0.2) is 14.3 Å². The van der Waals surface area contributed by atoms with Gasteiger partial charge in [0.25, 0.3) is 5.91 Å². The van der Waals surface area contributed by atoms with Gasteiger partial charge < -0.3 is 0 Å². The van der Waals surface area contributed by atoms with E-state index in [0.29, 0.717) is 5.69 Å². The Labute approximate surface area is 140 Å². The summed E-state index contributed by atoms with van der Waals surface area (Å²) in [5, 5.41) is 3.04. The maximum Gasteiger partial charge on any atom is 0.297 e. The number of hydrazine groups is 1. The maximum atomic E-state index is 12.6. The molecule has 0 aromatic heterocycles. The summed E-state index contributed by atoms with van der Waals surface area (Å²) in [5.41, 5.74) is 6.85. The third kappa shape index (κ3) is 3.98. The first-order chi connectivity index (χ1) is 11.3. The van der Waals surface area contributed by atoms with Crippen molar-refractivity contribution < 1.29 is 13.2 Å². The smallest absolute Gasteiger partial charge is 0.288 e. The zero-order valence-electron chi connectivity index (χ0n) is 13.3. The highest BCUT2D eigenvalue weighted by Crippen LogP contribution is 2.15. The molecule has 1 amide bonds. The Morgan fingerprint density at radius 2 is 1.46 bits per heavy atom. The standard InChI is InChI=1S/C16H18N4O3S/c1-11-3-7-13(8-4-11)19-20-16(15(21)18-17)24(22,23)14-9-5-12(2)6-10-14/h3-10,19H,17H2,1-2H3,(H,18,21)/b20-16+. The van der Waals surface area contributed by atoms with Crippen LogP contribution in [-0.2, 0) is 14.6 Å². The van der Waals surface area contributed by atoms with Crippen LogP contribution in [0.15, 0.2) is 58.5 Å². The lowest BCUT2D eigenvalue weighted by molar-refractivity contribution is -0.114. The van der Waals surface area contributed by atoms with E-state index < -0.39 is 20.8 Å². The lowest BCUT2D eigenvalue weighted by Crippen LogP contribution is -2.40. The molecule has 0 spiro atoms. The molecule has 0 unspecified atom stereocenters. The Bertz CT molecular complexity index is 857. The molecule has 0 radical (unpaired) electrons. The quantitative estimate of drug-likeness (QED) is 0.256. The number of aryl methyl sites for hydroxylation is 2. The van der Waals surface area contributed by atoms with Gasteiger partial charge in [0, 0.05) is 0 Å². The first-order valence-corrected chi connectivity index (χ1v) is 8.56. The summed E-state index contributed by atoms with van der Waals surface area (Å²) in [6.45, 7) is 3.75. The minimum atomic E-state index is -4.11. The van der Waals surface area contributed by atoms with Crippen molar-refractivity contribution in [3.05, 3.63) is 59.7 Å². The fourth-order valence-electron chi connectivity index (χ4n) is 1.87. The van der Waals surface area contributed by atoms with E-state index in [4.69, 9.17) is 5.84 Å². The number of nitrogens with zero attached hydrogens (tertiary/aromatic N) is 1. The third-order valence-corrected chi connectivity index (χ3v) is 4.93. The van der Waals surface area contributed by atoms with Gasteiger partial charge in [0.2, 0.25) is 14.9 Å². The van der Waals surface area contributed by atoms with Gasteiger partial charge in [0.15, 0.2) is 0 Å². The Kier molecular flexibility index (Phi) is 5.32. The molecule has 0 heterocycles. The number of rotatable bonds is 3. The second-order valence-electron chi connectivity index (χ2n) is 5.18. The lowest BCUT2D eigenvalue weighted by Gasteiger charge is -2.08. The number of amides is 1. The van der Waals surface area contributed by atoms with Gasteiger partial charge >= 0.3 is 0 Å². The van der Waals surface area contributed by atoms with Gasteiger partial charge in [0.05, 0.1) is 10.6 Å². The van der Waals surface area contributed by atoms with E-state index in [9.17, 15) is 13.2 Å². The van der Waals surface area contributed by atoms with Gasteiger partial charge in [-0.1, -0.05) is 35.4 Å². The summed E-state index contributed by atoms with van der Waals surface area (Å²) in [5.74, 6) is 4.08. The van der Waals surface area contributed by atoms with Crippen molar-refractivity contribution in [2.45, 2.75) is 18.7 Å². The summed E-state index contributed by atoms with van der Waals surface area (Å²) in [4.78, 5) is 11.8. The second kappa shape index (κ2) is 7.24. The SMILES string of the molecule is Cc1ccc(N/N=C(\C(=O)NN)S(=O)(=O)c2ccc(C)cc2)cc1. The van der Waals surface area contributed by atoms with Crippen molar-refractivity contribution in [1.82, 2.24) is 5.43 Å². The minimum absolute atomic E-state index is 0.0406. The zero-order chi connectivity index (χ0) is 17.7. The number of hydrogen-bond donors (Lipinski definition) is 3. The molecule has 4 N–H and O–H groups in total. The molecule has 2 aromatic carbocycles. The van der Waals surface area contributed by atoms with Gasteiger partial charge in [-0.2, -0.15) is 5.10 Å². The van der Waals surface area contributed by atoms with E-state index in [-0.39, 0.29) is 4.90 Å². The molecule has 0 aliphatic rings. The van der Waals surface area contributed by atoms with E-state index in [1.54, 1.807) is 24.3 Å². The first kappa shape index (κ1) is 17.6. The Morgan fingerprint density at radius 3 is 1.96 bits per heavy atom. The average Bonchev–Trinajstić information content (AvgIpc) is 2.56. The van der Waals surface area contributed by atoms with Crippen molar-refractivity contribution in [2.24, 2.45) is 10.9 Å². The average molecular weight is 346 g/mol. The van der Waals surface area contributed by atoms with Crippen LogP contribution >= 0.6 is 0 Å². The largest absolute Gasteiger partial charge is 0.297 e. The number of carbonyl (C=O) groups excluding carboxylic acids is 1. The molecule has 2 rings (SSSR count). The number of sulfone groups is 1. The molecule has 0 aliphatic carbocycles. The first-order valence-electron chi connectivity index (χ1n) is 7.07. The van der Waals surface area contributed by atoms with Crippen LogP contribution in [0.25, 0.3) is 0 Å². The van der Waals surface area contributed by atoms with E-state index in [0.717, 1.165) is 11.1 Å². The van der Waals surface area contributed by atoms with Crippen LogP contribution in [0.3, 0.4) is 0 Å². The van der Waals surface area contributed by atoms with Crippen LogP contribution in [0.1, 0.15) is 11.1 Å². The third-order valence-electron chi connectivity index (χ3n) is 3.25. The van der Waals surface area contributed by atoms with Crippen molar-refractivity contribution in [2.75, 3.05) is 5.43 Å². The van der Waals surface area contributed by atoms with Crippen LogP contribution < -0.4 is 16.7 Å². The van der Waals surface area contributed by atoms with Gasteiger partial charge in [0.1, 0.15) is 0 Å². The van der Waals surface area contributed by atoms with Gasteiger partial charge in [-0.05, 0) is 38.1 Å². The van der Waals surface area contributed by atoms with Crippen molar-refractivity contribution >= 4 is 26.5 Å². The monoisotopic (exact) mass is 346 g/mol. The number of benzene rings is 2. The highest BCUT2D eigenvalue weighted by molar-refractivity contribution is 8.08. The summed E-state index contributed by atoms with van der Waals surface area (Å²) in [6.07, 6.45) is 0. The maximum absolute atomic E-state index is 12.6. The molecule has 8 heteroatoms. The van der Waals surface area contributed by atoms with Crippen molar-refractivity contribution in [3.63, 3.8) is 0 Å². The van der Waals surface area contributed by atoms with E-state index >= 15 is 0 Å². The van der Waals surface area contributed by atoms with E-state index in [1.807, 2.05) is 31.4 Å². The minimum Gasteiger partial charge on any atom is -0.288 e. The second-order valence-corrected chi connectivity index (χ2v) is 7.05. The molecule has 2 aromatic rings. The van der Waals surface area contributed by atoms with Crippen LogP contribution in [0.4, 0.5) is 5.69 Å². The van der Waals surface area contributed by atoms with Crippen LogP contribution in [-0.4, -0.2) is 19.4 Å². The summed E-state index contributed by atoms with van der Waals surface area (Å²) >= 11 is 0. The lowest BCUT2D eigenvalue weighted by atomic mass is 10.2. The summed E-state index contributed by atoms with van der Waals surface area (Å²) in [6, 6.07) is 13.2. The number of hydrazone groups is 1. The van der Waals surface area contributed by atoms with Crippen molar-refractivity contribution in [3.8, 4) is 0 Å². The summed E-state index contributed by atoms with van der Waals surface area (Å²) < 4.78 is 25.3. The molecule has 0 atom stereocenters. The Morgan fingerprint density at radius 1 is 0.958 bits per heavy atom. The summed E-state index contributed by atoms with van der Waals surface area (Å²) in [7, 11) is -4.11. The number of carbonyl (C=O) groups is 1. The highest BCUT2D eigenvalue weighted by Gasteiger charge is 2.29. The Hall–Kier alpha value is -2.71. The highest BCUT2D eigenvalue weighted by atomic mass is 32.2. The molecular formula is C16H18N4O3S. The predicted octanol–water partition coefficient (Wildman–Crippen LogP) is 1.49.